The highest BCUT2D eigenvalue weighted by Crippen LogP contribution is 2.41. The topological polar surface area (TPSA) is 47.0 Å². The maximum Gasteiger partial charge on any atom is 0.202 e. The Bertz CT molecular complexity index is 579. The molecule has 0 radical (unpaired) electrons. The Balaban J connectivity index is 1.66. The second-order valence-corrected chi connectivity index (χ2v) is 6.72. The molecule has 0 amide bonds. The normalized spacial score (nSPS) is 16.8. The molecule has 4 nitrogen and oxygen atoms in total. The van der Waals surface area contributed by atoms with E-state index < -0.39 is 0 Å². The van der Waals surface area contributed by atoms with Crippen molar-refractivity contribution in [3.05, 3.63) is 41.7 Å². The molecule has 0 unspecified atom stereocenters. The minimum Gasteiger partial charge on any atom is -0.384 e. The van der Waals surface area contributed by atoms with Gasteiger partial charge in [-0.2, -0.15) is 4.37 Å². The lowest BCUT2D eigenvalue weighted by Crippen LogP contribution is -2.31. The highest BCUT2D eigenvalue weighted by atomic mass is 32.1. The molecule has 0 atom stereocenters. The maximum absolute atomic E-state index is 5.07. The molecule has 1 aliphatic rings. The van der Waals surface area contributed by atoms with Gasteiger partial charge in [0.05, 0.1) is 6.61 Å². The van der Waals surface area contributed by atoms with Crippen LogP contribution in [0.5, 0.6) is 0 Å². The molecule has 22 heavy (non-hydrogen) atoms. The zero-order chi connectivity index (χ0) is 15.3. The second kappa shape index (κ2) is 7.20. The monoisotopic (exact) mass is 317 g/mol. The minimum atomic E-state index is 0.250. The summed E-state index contributed by atoms with van der Waals surface area (Å²) in [5.74, 6) is 0.870. The molecule has 1 aromatic carbocycles. The number of rotatable bonds is 7. The summed E-state index contributed by atoms with van der Waals surface area (Å²) in [7, 11) is 1.70. The molecule has 1 heterocycles. The van der Waals surface area contributed by atoms with E-state index in [1.165, 1.54) is 42.8 Å². The summed E-state index contributed by atoms with van der Waals surface area (Å²) >= 11 is 1.45. The van der Waals surface area contributed by atoms with Crippen molar-refractivity contribution >= 4 is 16.7 Å². The van der Waals surface area contributed by atoms with Gasteiger partial charge in [0.25, 0.3) is 0 Å². The van der Waals surface area contributed by atoms with Crippen molar-refractivity contribution in [1.82, 2.24) is 9.36 Å². The number of hydrogen-bond donors (Lipinski definition) is 1. The first kappa shape index (κ1) is 15.4. The Morgan fingerprint density at radius 3 is 2.73 bits per heavy atom. The highest BCUT2D eigenvalue weighted by Gasteiger charge is 2.35. The average molecular weight is 317 g/mol. The average Bonchev–Trinajstić information content (AvgIpc) is 3.22. The minimum absolute atomic E-state index is 0.250. The molecule has 1 N–H and O–H groups in total. The van der Waals surface area contributed by atoms with Crippen LogP contribution in [0.3, 0.4) is 0 Å². The molecule has 0 saturated heterocycles. The fourth-order valence-corrected chi connectivity index (χ4v) is 3.88. The van der Waals surface area contributed by atoms with E-state index in [1.807, 2.05) is 0 Å². The molecule has 1 saturated carbocycles. The largest absolute Gasteiger partial charge is 0.384 e. The number of hydrogen-bond acceptors (Lipinski definition) is 5. The third-order valence-corrected chi connectivity index (χ3v) is 5.23. The molecule has 0 spiro atoms. The van der Waals surface area contributed by atoms with Crippen LogP contribution in [0, 0.1) is 0 Å². The number of ether oxygens (including phenoxy) is 1. The summed E-state index contributed by atoms with van der Waals surface area (Å²) < 4.78 is 9.46. The molecule has 2 aromatic rings. The Kier molecular flexibility index (Phi) is 5.05. The molecular formula is C17H23N3OS. The summed E-state index contributed by atoms with van der Waals surface area (Å²) in [5.41, 5.74) is 1.70. The Morgan fingerprint density at radius 2 is 2.00 bits per heavy atom. The summed E-state index contributed by atoms with van der Waals surface area (Å²) in [4.78, 5) is 4.55. The van der Waals surface area contributed by atoms with Gasteiger partial charge in [0.15, 0.2) is 0 Å². The van der Waals surface area contributed by atoms with Crippen molar-refractivity contribution in [2.75, 3.05) is 25.6 Å². The quantitative estimate of drug-likeness (QED) is 0.847. The van der Waals surface area contributed by atoms with Gasteiger partial charge in [-0.3, -0.25) is 0 Å². The molecule has 0 bridgehead atoms. The third kappa shape index (κ3) is 3.47. The van der Waals surface area contributed by atoms with E-state index in [-0.39, 0.29) is 5.41 Å². The van der Waals surface area contributed by atoms with E-state index in [9.17, 15) is 0 Å². The van der Waals surface area contributed by atoms with Gasteiger partial charge in [-0.05, 0) is 18.4 Å². The molecule has 5 heteroatoms. The van der Waals surface area contributed by atoms with E-state index in [0.717, 1.165) is 23.9 Å². The molecular weight excluding hydrogens is 294 g/mol. The summed E-state index contributed by atoms with van der Waals surface area (Å²) in [6.07, 6.45) is 5.90. The van der Waals surface area contributed by atoms with Crippen LogP contribution in [0.1, 0.15) is 37.1 Å². The molecule has 118 valence electrons. The van der Waals surface area contributed by atoms with Gasteiger partial charge in [-0.1, -0.05) is 43.2 Å². The van der Waals surface area contributed by atoms with Crippen molar-refractivity contribution in [3.8, 4) is 0 Å². The van der Waals surface area contributed by atoms with Gasteiger partial charge < -0.3 is 10.1 Å². The van der Waals surface area contributed by atoms with E-state index in [1.54, 1.807) is 7.11 Å². The Morgan fingerprint density at radius 1 is 1.23 bits per heavy atom. The standard InChI is InChI=1S/C17H23N3OS/c1-21-12-9-15-19-16(22-20-15)18-13-17(10-5-6-11-17)14-7-3-2-4-8-14/h2-4,7-8H,5-6,9-13H2,1H3,(H,18,19,20). The molecule has 1 aromatic heterocycles. The number of methoxy groups -OCH3 is 1. The molecule has 3 rings (SSSR count). The van der Waals surface area contributed by atoms with E-state index in [2.05, 4.69) is 45.0 Å². The lowest BCUT2D eigenvalue weighted by Gasteiger charge is -2.29. The van der Waals surface area contributed by atoms with Crippen molar-refractivity contribution < 1.29 is 4.74 Å². The maximum atomic E-state index is 5.07. The fraction of sp³-hybridized carbons (Fsp3) is 0.529. The lowest BCUT2D eigenvalue weighted by atomic mass is 9.79. The lowest BCUT2D eigenvalue weighted by molar-refractivity contribution is 0.201. The van der Waals surface area contributed by atoms with Crippen molar-refractivity contribution in [2.24, 2.45) is 0 Å². The van der Waals surface area contributed by atoms with Crippen LogP contribution in [0.4, 0.5) is 5.13 Å². The second-order valence-electron chi connectivity index (χ2n) is 5.97. The van der Waals surface area contributed by atoms with Crippen LogP contribution in [0.25, 0.3) is 0 Å². The first-order chi connectivity index (χ1) is 10.8. The summed E-state index contributed by atoms with van der Waals surface area (Å²) in [5, 5.41) is 4.45. The number of benzene rings is 1. The van der Waals surface area contributed by atoms with Gasteiger partial charge in [0.1, 0.15) is 5.82 Å². The SMILES string of the molecule is COCCc1nsc(NCC2(c3ccccc3)CCCC2)n1. The van der Waals surface area contributed by atoms with Crippen LogP contribution >= 0.6 is 11.5 Å². The highest BCUT2D eigenvalue weighted by molar-refractivity contribution is 7.09. The van der Waals surface area contributed by atoms with Crippen LogP contribution in [-0.4, -0.2) is 29.6 Å². The van der Waals surface area contributed by atoms with Crippen molar-refractivity contribution in [3.63, 3.8) is 0 Å². The van der Waals surface area contributed by atoms with Gasteiger partial charge in [-0.15, -0.1) is 0 Å². The van der Waals surface area contributed by atoms with Crippen molar-refractivity contribution in [1.29, 1.82) is 0 Å². The number of nitrogens with one attached hydrogen (secondary N) is 1. The van der Waals surface area contributed by atoms with Gasteiger partial charge in [-0.25, -0.2) is 4.98 Å². The van der Waals surface area contributed by atoms with Crippen LogP contribution in [0.15, 0.2) is 30.3 Å². The molecule has 1 fully saturated rings. The van der Waals surface area contributed by atoms with E-state index in [4.69, 9.17) is 4.74 Å². The van der Waals surface area contributed by atoms with Crippen LogP contribution in [-0.2, 0) is 16.6 Å². The zero-order valence-corrected chi connectivity index (χ0v) is 13.9. The van der Waals surface area contributed by atoms with E-state index >= 15 is 0 Å². The first-order valence-electron chi connectivity index (χ1n) is 7.93. The molecule has 1 aliphatic carbocycles. The fourth-order valence-electron chi connectivity index (χ4n) is 3.28. The zero-order valence-electron chi connectivity index (χ0n) is 13.0. The number of aromatic nitrogens is 2. The Labute approximate surface area is 136 Å². The van der Waals surface area contributed by atoms with Gasteiger partial charge >= 0.3 is 0 Å². The predicted molar refractivity (Wildman–Crippen MR) is 90.6 cm³/mol. The summed E-state index contributed by atoms with van der Waals surface area (Å²) in [6.45, 7) is 1.61. The Hall–Kier alpha value is -1.46. The number of anilines is 1. The number of nitrogens with zero attached hydrogens (tertiary/aromatic N) is 2. The molecule has 0 aliphatic heterocycles. The smallest absolute Gasteiger partial charge is 0.202 e. The van der Waals surface area contributed by atoms with E-state index in [0.29, 0.717) is 6.61 Å². The van der Waals surface area contributed by atoms with Crippen LogP contribution in [0.2, 0.25) is 0 Å². The van der Waals surface area contributed by atoms with Gasteiger partial charge in [0, 0.05) is 37.0 Å². The summed E-state index contributed by atoms with van der Waals surface area (Å²) in [6, 6.07) is 10.9. The third-order valence-electron chi connectivity index (χ3n) is 4.52. The van der Waals surface area contributed by atoms with Crippen LogP contribution < -0.4 is 5.32 Å². The predicted octanol–water partition coefficient (Wildman–Crippen LogP) is 3.65. The van der Waals surface area contributed by atoms with Gasteiger partial charge in [0.2, 0.25) is 5.13 Å². The van der Waals surface area contributed by atoms with Crippen molar-refractivity contribution in [2.45, 2.75) is 37.5 Å². The first-order valence-corrected chi connectivity index (χ1v) is 8.71.